The number of carbonyl (C=O) groups excluding carboxylic acids is 1. The maximum Gasteiger partial charge on any atom is 0.239 e. The summed E-state index contributed by atoms with van der Waals surface area (Å²) in [6, 6.07) is 10.7. The first-order valence-electron chi connectivity index (χ1n) is 9.53. The minimum Gasteiger partial charge on any atom is -0.369 e. The average Bonchev–Trinajstić information content (AvgIpc) is 3.23. The summed E-state index contributed by atoms with van der Waals surface area (Å²) in [5.41, 5.74) is 4.42. The number of benzene rings is 1. The molecule has 0 saturated carbocycles. The van der Waals surface area contributed by atoms with Crippen LogP contribution in [0.1, 0.15) is 28.0 Å². The summed E-state index contributed by atoms with van der Waals surface area (Å²) >= 11 is 1.58. The van der Waals surface area contributed by atoms with Gasteiger partial charge in [0.15, 0.2) is 0 Å². The van der Waals surface area contributed by atoms with Gasteiger partial charge in [-0.25, -0.2) is 0 Å². The van der Waals surface area contributed by atoms with Gasteiger partial charge in [-0.1, -0.05) is 18.2 Å². The van der Waals surface area contributed by atoms with Crippen LogP contribution in [0.2, 0.25) is 0 Å². The number of rotatable bonds is 4. The molecule has 1 aromatic heterocycles. The molecule has 0 unspecified atom stereocenters. The van der Waals surface area contributed by atoms with E-state index >= 15 is 0 Å². The van der Waals surface area contributed by atoms with E-state index in [2.05, 4.69) is 52.4 Å². The number of nitrogens with zero attached hydrogens (tertiary/aromatic N) is 3. The highest BCUT2D eigenvalue weighted by Gasteiger charge is 2.24. The van der Waals surface area contributed by atoms with E-state index in [9.17, 15) is 10.1 Å². The van der Waals surface area contributed by atoms with Gasteiger partial charge < -0.3 is 10.2 Å². The molecule has 140 valence electrons. The molecule has 1 aromatic carbocycles. The lowest BCUT2D eigenvalue weighted by atomic mass is 10.1. The molecular formula is C21H24N4OS. The lowest BCUT2D eigenvalue weighted by Gasteiger charge is -2.36. The zero-order valence-electron chi connectivity index (χ0n) is 15.6. The van der Waals surface area contributed by atoms with E-state index in [0.717, 1.165) is 56.0 Å². The molecule has 2 heterocycles. The van der Waals surface area contributed by atoms with Crippen LogP contribution in [0.25, 0.3) is 0 Å². The highest BCUT2D eigenvalue weighted by atomic mass is 32.1. The van der Waals surface area contributed by atoms with Crippen LogP contribution < -0.4 is 10.2 Å². The normalized spacial score (nSPS) is 16.8. The van der Waals surface area contributed by atoms with Gasteiger partial charge in [-0.15, -0.1) is 11.3 Å². The predicted molar refractivity (Wildman–Crippen MR) is 110 cm³/mol. The molecule has 0 spiro atoms. The van der Waals surface area contributed by atoms with Crippen molar-refractivity contribution in [3.63, 3.8) is 0 Å². The third-order valence-electron chi connectivity index (χ3n) is 5.48. The molecule has 2 aliphatic rings. The summed E-state index contributed by atoms with van der Waals surface area (Å²) < 4.78 is 0. The maximum atomic E-state index is 12.5. The number of carbonyl (C=O) groups is 1. The van der Waals surface area contributed by atoms with Crippen molar-refractivity contribution in [3.8, 4) is 6.07 Å². The summed E-state index contributed by atoms with van der Waals surface area (Å²) in [6.07, 6.45) is 3.12. The molecule has 1 amide bonds. The number of piperazine rings is 1. The van der Waals surface area contributed by atoms with Crippen LogP contribution in [-0.4, -0.2) is 43.5 Å². The number of fused-ring (bicyclic) bond motifs is 1. The van der Waals surface area contributed by atoms with Gasteiger partial charge in [-0.2, -0.15) is 5.26 Å². The molecule has 0 atom stereocenters. The Morgan fingerprint density at radius 1 is 1.22 bits per heavy atom. The number of aryl methyl sites for hydroxylation is 2. The van der Waals surface area contributed by atoms with Crippen molar-refractivity contribution >= 4 is 27.9 Å². The van der Waals surface area contributed by atoms with Crippen molar-refractivity contribution in [1.29, 1.82) is 5.26 Å². The summed E-state index contributed by atoms with van der Waals surface area (Å²) in [5, 5.41) is 13.2. The van der Waals surface area contributed by atoms with Crippen LogP contribution >= 0.6 is 11.3 Å². The van der Waals surface area contributed by atoms with Gasteiger partial charge in [0.25, 0.3) is 0 Å². The second-order valence-electron chi connectivity index (χ2n) is 7.27. The lowest BCUT2D eigenvalue weighted by molar-refractivity contribution is -0.117. The molecule has 27 heavy (non-hydrogen) atoms. The quantitative estimate of drug-likeness (QED) is 0.885. The Hall–Kier alpha value is -2.36. The first kappa shape index (κ1) is 18.0. The third kappa shape index (κ3) is 3.71. The van der Waals surface area contributed by atoms with Gasteiger partial charge in [0, 0.05) is 36.7 Å². The van der Waals surface area contributed by atoms with E-state index in [0.29, 0.717) is 12.1 Å². The van der Waals surface area contributed by atoms with Crippen molar-refractivity contribution in [1.82, 2.24) is 4.90 Å². The van der Waals surface area contributed by atoms with E-state index in [1.54, 1.807) is 11.3 Å². The number of amides is 1. The molecule has 2 aromatic rings. The van der Waals surface area contributed by atoms with Crippen LogP contribution in [0.5, 0.6) is 0 Å². The van der Waals surface area contributed by atoms with Gasteiger partial charge in [-0.05, 0) is 43.4 Å². The number of anilines is 2. The zero-order chi connectivity index (χ0) is 18.8. The standard InChI is InChI=1S/C21H24N4OS/c1-15-5-2-3-7-18(15)25-11-9-24(10-12-25)14-20(26)23-21-17(13-22)16-6-4-8-19(16)27-21/h2-3,5,7H,4,6,8-12,14H2,1H3,(H,23,26). The highest BCUT2D eigenvalue weighted by Crippen LogP contribution is 2.38. The summed E-state index contributed by atoms with van der Waals surface area (Å²) in [5.74, 6) is -0.0178. The van der Waals surface area contributed by atoms with Crippen LogP contribution in [-0.2, 0) is 17.6 Å². The van der Waals surface area contributed by atoms with Crippen molar-refractivity contribution < 1.29 is 4.79 Å². The van der Waals surface area contributed by atoms with Crippen molar-refractivity contribution in [3.05, 3.63) is 45.8 Å². The second kappa shape index (κ2) is 7.71. The number of hydrogen-bond donors (Lipinski definition) is 1. The molecule has 5 nitrogen and oxygen atoms in total. The van der Waals surface area contributed by atoms with Crippen LogP contribution in [0, 0.1) is 18.3 Å². The Balaban J connectivity index is 1.33. The number of para-hydroxylation sites is 1. The van der Waals surface area contributed by atoms with Gasteiger partial charge in [0.1, 0.15) is 11.1 Å². The van der Waals surface area contributed by atoms with E-state index in [-0.39, 0.29) is 5.91 Å². The largest absolute Gasteiger partial charge is 0.369 e. The Labute approximate surface area is 164 Å². The number of nitrogens with one attached hydrogen (secondary N) is 1. The van der Waals surface area contributed by atoms with Gasteiger partial charge in [-0.3, -0.25) is 9.69 Å². The van der Waals surface area contributed by atoms with Crippen molar-refractivity contribution in [2.75, 3.05) is 42.9 Å². The fourth-order valence-electron chi connectivity index (χ4n) is 4.04. The minimum absolute atomic E-state index is 0.0178. The number of hydrogen-bond acceptors (Lipinski definition) is 5. The summed E-state index contributed by atoms with van der Waals surface area (Å²) in [6.45, 7) is 6.11. The Morgan fingerprint density at radius 3 is 2.74 bits per heavy atom. The summed E-state index contributed by atoms with van der Waals surface area (Å²) in [7, 11) is 0. The highest BCUT2D eigenvalue weighted by molar-refractivity contribution is 7.16. The molecule has 0 radical (unpaired) electrons. The van der Waals surface area contributed by atoms with E-state index in [4.69, 9.17) is 0 Å². The fourth-order valence-corrected chi connectivity index (χ4v) is 5.30. The maximum absolute atomic E-state index is 12.5. The molecule has 1 fully saturated rings. The molecule has 6 heteroatoms. The smallest absolute Gasteiger partial charge is 0.239 e. The number of nitriles is 1. The first-order chi connectivity index (χ1) is 13.2. The molecule has 1 aliphatic heterocycles. The molecule has 1 saturated heterocycles. The molecule has 0 bridgehead atoms. The van der Waals surface area contributed by atoms with Gasteiger partial charge >= 0.3 is 0 Å². The first-order valence-corrected chi connectivity index (χ1v) is 10.3. The molecule has 4 rings (SSSR count). The van der Waals surface area contributed by atoms with Crippen LogP contribution in [0.3, 0.4) is 0 Å². The lowest BCUT2D eigenvalue weighted by Crippen LogP contribution is -2.48. The van der Waals surface area contributed by atoms with Crippen molar-refractivity contribution in [2.24, 2.45) is 0 Å². The summed E-state index contributed by atoms with van der Waals surface area (Å²) in [4.78, 5) is 18.4. The van der Waals surface area contributed by atoms with E-state index in [1.807, 2.05) is 0 Å². The van der Waals surface area contributed by atoms with Gasteiger partial charge in [0.2, 0.25) is 5.91 Å². The predicted octanol–water partition coefficient (Wildman–Crippen LogP) is 3.18. The monoisotopic (exact) mass is 380 g/mol. The fraction of sp³-hybridized carbons (Fsp3) is 0.429. The Kier molecular flexibility index (Phi) is 5.15. The Morgan fingerprint density at radius 2 is 2.00 bits per heavy atom. The molecular weight excluding hydrogens is 356 g/mol. The third-order valence-corrected chi connectivity index (χ3v) is 6.69. The topological polar surface area (TPSA) is 59.4 Å². The van der Waals surface area contributed by atoms with E-state index in [1.165, 1.54) is 16.1 Å². The minimum atomic E-state index is -0.0178. The average molecular weight is 381 g/mol. The zero-order valence-corrected chi connectivity index (χ0v) is 16.4. The van der Waals surface area contributed by atoms with Gasteiger partial charge in [0.05, 0.1) is 12.1 Å². The number of thiophene rings is 1. The van der Waals surface area contributed by atoms with Crippen LogP contribution in [0.15, 0.2) is 24.3 Å². The second-order valence-corrected chi connectivity index (χ2v) is 8.38. The van der Waals surface area contributed by atoms with Crippen LogP contribution in [0.4, 0.5) is 10.7 Å². The molecule has 1 aliphatic carbocycles. The molecule has 1 N–H and O–H groups in total. The van der Waals surface area contributed by atoms with Crippen molar-refractivity contribution in [2.45, 2.75) is 26.2 Å². The Bertz CT molecular complexity index is 890. The van der Waals surface area contributed by atoms with E-state index < -0.39 is 0 Å². The SMILES string of the molecule is Cc1ccccc1N1CCN(CC(=O)Nc2sc3c(c2C#N)CCC3)CC1.